The highest BCUT2D eigenvalue weighted by atomic mass is 19.4. The summed E-state index contributed by atoms with van der Waals surface area (Å²) in [5.41, 5.74) is -0.182. The van der Waals surface area contributed by atoms with Crippen LogP contribution < -0.4 is 4.90 Å². The summed E-state index contributed by atoms with van der Waals surface area (Å²) < 4.78 is 38.0. The van der Waals surface area contributed by atoms with Gasteiger partial charge in [-0.2, -0.15) is 13.2 Å². The molecule has 2 nitrogen and oxygen atoms in total. The van der Waals surface area contributed by atoms with Crippen molar-refractivity contribution in [2.75, 3.05) is 26.0 Å². The SMILES string of the molecule is C[N-]c1ccc(N(C)C)c(C(F)(F)F)c1. The number of hydrogen-bond donors (Lipinski definition) is 0. The second-order valence-corrected chi connectivity index (χ2v) is 3.32. The Balaban J connectivity index is 3.29. The lowest BCUT2D eigenvalue weighted by Gasteiger charge is -2.23. The first-order chi connectivity index (χ1) is 6.86. The van der Waals surface area contributed by atoms with Gasteiger partial charge in [0.25, 0.3) is 0 Å². The molecule has 1 rings (SSSR count). The number of benzene rings is 1. The number of nitrogens with zero attached hydrogens (tertiary/aromatic N) is 2. The Morgan fingerprint density at radius 1 is 1.20 bits per heavy atom. The monoisotopic (exact) mass is 217 g/mol. The number of hydrogen-bond acceptors (Lipinski definition) is 1. The van der Waals surface area contributed by atoms with E-state index in [1.807, 2.05) is 0 Å². The lowest BCUT2D eigenvalue weighted by molar-refractivity contribution is -0.137. The number of anilines is 1. The van der Waals surface area contributed by atoms with Gasteiger partial charge in [-0.15, -0.1) is 12.7 Å². The van der Waals surface area contributed by atoms with E-state index in [0.29, 0.717) is 5.69 Å². The molecule has 0 amide bonds. The first-order valence-corrected chi connectivity index (χ1v) is 4.34. The molecule has 0 atom stereocenters. The van der Waals surface area contributed by atoms with Crippen LogP contribution in [0, 0.1) is 0 Å². The summed E-state index contributed by atoms with van der Waals surface area (Å²) in [6.45, 7) is 0. The van der Waals surface area contributed by atoms with Crippen molar-refractivity contribution in [2.24, 2.45) is 0 Å². The summed E-state index contributed by atoms with van der Waals surface area (Å²) in [6, 6.07) is 4.03. The lowest BCUT2D eigenvalue weighted by atomic mass is 10.1. The molecule has 0 aliphatic carbocycles. The zero-order valence-corrected chi connectivity index (χ0v) is 8.76. The molecule has 0 bridgehead atoms. The zero-order valence-electron chi connectivity index (χ0n) is 8.76. The summed E-state index contributed by atoms with van der Waals surface area (Å²) in [6.07, 6.45) is -4.35. The molecule has 1 aromatic rings. The van der Waals surface area contributed by atoms with Gasteiger partial charge in [-0.1, -0.05) is 12.1 Å². The highest BCUT2D eigenvalue weighted by Crippen LogP contribution is 2.38. The van der Waals surface area contributed by atoms with Crippen molar-refractivity contribution in [2.45, 2.75) is 6.18 Å². The quantitative estimate of drug-likeness (QED) is 0.742. The van der Waals surface area contributed by atoms with E-state index < -0.39 is 11.7 Å². The van der Waals surface area contributed by atoms with Crippen LogP contribution >= 0.6 is 0 Å². The molecule has 0 saturated carbocycles. The van der Waals surface area contributed by atoms with Crippen molar-refractivity contribution >= 4 is 11.4 Å². The highest BCUT2D eigenvalue weighted by molar-refractivity contribution is 5.62. The molecule has 0 N–H and O–H groups in total. The average Bonchev–Trinajstić information content (AvgIpc) is 2.15. The minimum absolute atomic E-state index is 0.148. The summed E-state index contributed by atoms with van der Waals surface area (Å²) in [4.78, 5) is 1.43. The van der Waals surface area contributed by atoms with Crippen LogP contribution in [0.4, 0.5) is 24.5 Å². The van der Waals surface area contributed by atoms with Crippen molar-refractivity contribution in [3.63, 3.8) is 0 Å². The maximum absolute atomic E-state index is 12.7. The standard InChI is InChI=1S/C10H12F3N2/c1-14-7-4-5-9(15(2)3)8(6-7)10(11,12)13/h4-6H,1-3H3/q-1. The van der Waals surface area contributed by atoms with Gasteiger partial charge >= 0.3 is 6.18 Å². The fourth-order valence-electron chi connectivity index (χ4n) is 1.28. The van der Waals surface area contributed by atoms with Crippen molar-refractivity contribution in [3.05, 3.63) is 29.1 Å². The molecule has 0 fully saturated rings. The van der Waals surface area contributed by atoms with E-state index in [1.54, 1.807) is 20.2 Å². The van der Waals surface area contributed by atoms with Gasteiger partial charge in [-0.05, 0) is 6.07 Å². The molecular weight excluding hydrogens is 205 g/mol. The van der Waals surface area contributed by atoms with E-state index in [4.69, 9.17) is 0 Å². The topological polar surface area (TPSA) is 17.3 Å². The molecule has 0 heterocycles. The van der Waals surface area contributed by atoms with Crippen LogP contribution in [0.1, 0.15) is 5.56 Å². The van der Waals surface area contributed by atoms with Crippen LogP contribution in [0.15, 0.2) is 18.2 Å². The first kappa shape index (κ1) is 11.7. The predicted octanol–water partition coefficient (Wildman–Crippen LogP) is 3.41. The van der Waals surface area contributed by atoms with E-state index in [-0.39, 0.29) is 5.69 Å². The molecule has 84 valence electrons. The van der Waals surface area contributed by atoms with E-state index in [2.05, 4.69) is 5.32 Å². The van der Waals surface area contributed by atoms with Crippen LogP contribution in [0.5, 0.6) is 0 Å². The van der Waals surface area contributed by atoms with Crippen molar-refractivity contribution in [3.8, 4) is 0 Å². The Morgan fingerprint density at radius 3 is 2.20 bits per heavy atom. The third-order valence-corrected chi connectivity index (χ3v) is 2.03. The van der Waals surface area contributed by atoms with Gasteiger partial charge in [0.15, 0.2) is 0 Å². The summed E-state index contributed by atoms with van der Waals surface area (Å²) in [7, 11) is 4.62. The normalized spacial score (nSPS) is 11.3. The number of rotatable bonds is 2. The molecule has 0 spiro atoms. The summed E-state index contributed by atoms with van der Waals surface area (Å²) in [5.74, 6) is 0. The van der Waals surface area contributed by atoms with Gasteiger partial charge in [0.2, 0.25) is 0 Å². The van der Waals surface area contributed by atoms with Crippen LogP contribution in [-0.4, -0.2) is 21.1 Å². The maximum atomic E-state index is 12.7. The van der Waals surface area contributed by atoms with Gasteiger partial charge in [-0.25, -0.2) is 0 Å². The minimum atomic E-state index is -4.35. The second kappa shape index (κ2) is 4.00. The highest BCUT2D eigenvalue weighted by Gasteiger charge is 2.33. The van der Waals surface area contributed by atoms with Gasteiger partial charge < -0.3 is 10.2 Å². The Morgan fingerprint density at radius 2 is 1.80 bits per heavy atom. The largest absolute Gasteiger partial charge is 0.687 e. The van der Waals surface area contributed by atoms with Crippen LogP contribution in [0.25, 0.3) is 5.32 Å². The minimum Gasteiger partial charge on any atom is -0.687 e. The fourth-order valence-corrected chi connectivity index (χ4v) is 1.28. The molecular formula is C10H12F3N2-. The van der Waals surface area contributed by atoms with E-state index >= 15 is 0 Å². The van der Waals surface area contributed by atoms with Crippen LogP contribution in [0.3, 0.4) is 0 Å². The molecule has 5 heteroatoms. The Kier molecular flexibility index (Phi) is 3.12. The lowest BCUT2D eigenvalue weighted by Crippen LogP contribution is -2.16. The molecule has 0 aromatic heterocycles. The summed E-state index contributed by atoms with van der Waals surface area (Å²) >= 11 is 0. The fraction of sp³-hybridized carbons (Fsp3) is 0.400. The predicted molar refractivity (Wildman–Crippen MR) is 54.7 cm³/mol. The van der Waals surface area contributed by atoms with Crippen LogP contribution in [0.2, 0.25) is 0 Å². The third-order valence-electron chi connectivity index (χ3n) is 2.03. The Hall–Kier alpha value is -1.39. The number of halogens is 3. The smallest absolute Gasteiger partial charge is 0.418 e. The summed E-state index contributed by atoms with van der Waals surface area (Å²) in [5, 5.41) is 3.73. The Labute approximate surface area is 86.7 Å². The van der Waals surface area contributed by atoms with E-state index in [1.165, 1.54) is 18.0 Å². The molecule has 0 unspecified atom stereocenters. The van der Waals surface area contributed by atoms with Crippen LogP contribution in [-0.2, 0) is 6.18 Å². The van der Waals surface area contributed by atoms with E-state index in [9.17, 15) is 13.2 Å². The van der Waals surface area contributed by atoms with Crippen molar-refractivity contribution in [1.29, 1.82) is 0 Å². The third kappa shape index (κ3) is 2.55. The van der Waals surface area contributed by atoms with E-state index in [0.717, 1.165) is 6.07 Å². The molecule has 0 aliphatic rings. The first-order valence-electron chi connectivity index (χ1n) is 4.34. The molecule has 0 saturated heterocycles. The number of alkyl halides is 3. The van der Waals surface area contributed by atoms with Gasteiger partial charge in [-0.3, -0.25) is 0 Å². The molecule has 0 radical (unpaired) electrons. The zero-order chi connectivity index (χ0) is 11.6. The molecule has 1 aromatic carbocycles. The molecule has 15 heavy (non-hydrogen) atoms. The van der Waals surface area contributed by atoms with Crippen molar-refractivity contribution < 1.29 is 13.2 Å². The van der Waals surface area contributed by atoms with Gasteiger partial charge in [0, 0.05) is 19.8 Å². The maximum Gasteiger partial charge on any atom is 0.418 e. The van der Waals surface area contributed by atoms with Crippen molar-refractivity contribution in [1.82, 2.24) is 0 Å². The second-order valence-electron chi connectivity index (χ2n) is 3.32. The molecule has 0 aliphatic heterocycles. The average molecular weight is 217 g/mol. The Bertz CT molecular complexity index is 345. The van der Waals surface area contributed by atoms with Gasteiger partial charge in [0.05, 0.1) is 5.56 Å². The van der Waals surface area contributed by atoms with Gasteiger partial charge in [0.1, 0.15) is 0 Å².